The van der Waals surface area contributed by atoms with Gasteiger partial charge >= 0.3 is 0 Å². The van der Waals surface area contributed by atoms with E-state index in [0.717, 1.165) is 23.4 Å². The highest BCUT2D eigenvalue weighted by molar-refractivity contribution is 6.30. The van der Waals surface area contributed by atoms with Crippen molar-refractivity contribution in [2.24, 2.45) is 5.92 Å². The Hall–Kier alpha value is -1.05. The smallest absolute Gasteiger partial charge is 0.0409 e. The van der Waals surface area contributed by atoms with Crippen LogP contribution in [-0.2, 0) is 6.54 Å². The Kier molecular flexibility index (Phi) is 6.72. The molecule has 1 atom stereocenters. The van der Waals surface area contributed by atoms with Gasteiger partial charge in [0.25, 0.3) is 0 Å². The number of fused-ring (bicyclic) bond motifs is 1. The van der Waals surface area contributed by atoms with E-state index in [2.05, 4.69) is 43.3 Å². The third-order valence-corrected chi connectivity index (χ3v) is 5.07. The lowest BCUT2D eigenvalue weighted by molar-refractivity contribution is 0.209. The second-order valence-corrected chi connectivity index (χ2v) is 6.95. The second kappa shape index (κ2) is 8.55. The van der Waals surface area contributed by atoms with Gasteiger partial charge in [-0.15, -0.1) is 0 Å². The van der Waals surface area contributed by atoms with E-state index in [0.29, 0.717) is 0 Å². The van der Waals surface area contributed by atoms with Gasteiger partial charge in [-0.25, -0.2) is 0 Å². The number of nitrogens with zero attached hydrogens (tertiary/aromatic N) is 1. The van der Waals surface area contributed by atoms with Crippen molar-refractivity contribution >= 4 is 11.6 Å². The van der Waals surface area contributed by atoms with Crippen LogP contribution in [0.4, 0.5) is 0 Å². The largest absolute Gasteiger partial charge is 0.301 e. The lowest BCUT2D eigenvalue weighted by Gasteiger charge is -2.38. The summed E-state index contributed by atoms with van der Waals surface area (Å²) in [5.74, 6) is 1.62. The van der Waals surface area contributed by atoms with Crippen LogP contribution in [0.25, 0.3) is 0 Å². The van der Waals surface area contributed by atoms with Crippen LogP contribution in [0.2, 0.25) is 5.02 Å². The molecule has 22 heavy (non-hydrogen) atoms. The first-order valence-corrected chi connectivity index (χ1v) is 8.73. The summed E-state index contributed by atoms with van der Waals surface area (Å²) >= 11 is 6.14. The Balaban J connectivity index is 0.000000396. The fraction of sp³-hybridized carbons (Fsp3) is 0.500. The molecule has 120 valence electrons. The van der Waals surface area contributed by atoms with E-state index in [9.17, 15) is 0 Å². The van der Waals surface area contributed by atoms with Crippen LogP contribution in [0.5, 0.6) is 0 Å². The van der Waals surface area contributed by atoms with Crippen molar-refractivity contribution in [3.63, 3.8) is 0 Å². The van der Waals surface area contributed by atoms with Crippen LogP contribution in [0.1, 0.15) is 49.1 Å². The van der Waals surface area contributed by atoms with Crippen molar-refractivity contribution in [3.05, 3.63) is 59.7 Å². The second-order valence-electron chi connectivity index (χ2n) is 6.52. The van der Waals surface area contributed by atoms with E-state index in [1.165, 1.54) is 44.2 Å². The summed E-state index contributed by atoms with van der Waals surface area (Å²) in [6.07, 6.45) is 10.4. The zero-order valence-corrected chi connectivity index (χ0v) is 14.5. The molecule has 2 aliphatic rings. The van der Waals surface area contributed by atoms with Crippen LogP contribution in [-0.4, -0.2) is 18.5 Å². The van der Waals surface area contributed by atoms with Gasteiger partial charge in [0, 0.05) is 18.1 Å². The molecule has 0 radical (unpaired) electrons. The van der Waals surface area contributed by atoms with Gasteiger partial charge in [-0.2, -0.15) is 0 Å². The van der Waals surface area contributed by atoms with Gasteiger partial charge in [0.15, 0.2) is 0 Å². The zero-order valence-electron chi connectivity index (χ0n) is 13.7. The fourth-order valence-corrected chi connectivity index (χ4v) is 4.00. The van der Waals surface area contributed by atoms with Crippen molar-refractivity contribution in [2.45, 2.75) is 44.6 Å². The molecule has 1 nitrogen and oxygen atoms in total. The Morgan fingerprint density at radius 1 is 1.14 bits per heavy atom. The van der Waals surface area contributed by atoms with E-state index in [4.69, 9.17) is 11.6 Å². The Labute approximate surface area is 140 Å². The van der Waals surface area contributed by atoms with Crippen molar-refractivity contribution in [2.75, 3.05) is 13.6 Å². The maximum Gasteiger partial charge on any atom is 0.0409 e. The minimum Gasteiger partial charge on any atom is -0.301 e. The van der Waals surface area contributed by atoms with E-state index >= 15 is 0 Å². The number of hydrogen-bond acceptors (Lipinski definition) is 1. The van der Waals surface area contributed by atoms with E-state index in [1.807, 2.05) is 0 Å². The normalized spacial score (nSPS) is 22.2. The number of hydrogen-bond donors (Lipinski definition) is 0. The zero-order chi connectivity index (χ0) is 15.9. The van der Waals surface area contributed by atoms with Crippen LogP contribution < -0.4 is 0 Å². The van der Waals surface area contributed by atoms with Crippen LogP contribution in [0.3, 0.4) is 0 Å². The standard InChI is InChI=1S/C16H22ClN.C4H6/c1-18-10-13-9-14(17)7-8-15(13)16(11-18)12-5-3-2-4-6-12;1-3-4-2/h7-9,12,16H,2-6,10-11H2,1H3;3-4H,1-2H2. The highest BCUT2D eigenvalue weighted by Crippen LogP contribution is 2.40. The van der Waals surface area contributed by atoms with Gasteiger partial charge in [-0.1, -0.05) is 62.2 Å². The molecule has 0 saturated heterocycles. The fourth-order valence-electron chi connectivity index (χ4n) is 3.80. The summed E-state index contributed by atoms with van der Waals surface area (Å²) in [4.78, 5) is 2.46. The molecule has 1 aliphatic heterocycles. The quantitative estimate of drug-likeness (QED) is 0.622. The van der Waals surface area contributed by atoms with Gasteiger partial charge in [0.2, 0.25) is 0 Å². The number of likely N-dealkylation sites (N-methyl/N-ethyl adjacent to an activating group) is 1. The van der Waals surface area contributed by atoms with Crippen LogP contribution >= 0.6 is 11.6 Å². The molecule has 3 rings (SSSR count). The summed E-state index contributed by atoms with van der Waals surface area (Å²) in [5, 5.41) is 0.881. The molecule has 1 aromatic rings. The van der Waals surface area contributed by atoms with E-state index in [1.54, 1.807) is 17.7 Å². The molecule has 0 amide bonds. The molecule has 0 spiro atoms. The maximum absolute atomic E-state index is 6.14. The molecular formula is C20H28ClN. The minimum absolute atomic E-state index is 0.733. The topological polar surface area (TPSA) is 3.24 Å². The van der Waals surface area contributed by atoms with E-state index in [-0.39, 0.29) is 0 Å². The lowest BCUT2D eigenvalue weighted by atomic mass is 9.74. The first kappa shape index (κ1) is 17.3. The lowest BCUT2D eigenvalue weighted by Crippen LogP contribution is -2.34. The molecule has 2 heteroatoms. The monoisotopic (exact) mass is 317 g/mol. The summed E-state index contributed by atoms with van der Waals surface area (Å²) < 4.78 is 0. The van der Waals surface area contributed by atoms with Gasteiger partial charge in [-0.05, 0) is 55.0 Å². The van der Waals surface area contributed by atoms with Crippen molar-refractivity contribution in [1.82, 2.24) is 4.90 Å². The highest BCUT2D eigenvalue weighted by Gasteiger charge is 2.30. The Morgan fingerprint density at radius 3 is 2.45 bits per heavy atom. The SMILES string of the molecule is C=CC=C.CN1Cc2cc(Cl)ccc2C(C2CCCCC2)C1. The number of allylic oxidation sites excluding steroid dienone is 2. The van der Waals surface area contributed by atoms with Crippen molar-refractivity contribution < 1.29 is 0 Å². The molecule has 1 fully saturated rings. The molecule has 0 bridgehead atoms. The van der Waals surface area contributed by atoms with Crippen molar-refractivity contribution in [1.29, 1.82) is 0 Å². The van der Waals surface area contributed by atoms with Gasteiger partial charge in [0.1, 0.15) is 0 Å². The van der Waals surface area contributed by atoms with Gasteiger partial charge in [0.05, 0.1) is 0 Å². The average molecular weight is 318 g/mol. The molecule has 1 saturated carbocycles. The number of benzene rings is 1. The predicted molar refractivity (Wildman–Crippen MR) is 97.5 cm³/mol. The maximum atomic E-state index is 6.14. The number of rotatable bonds is 2. The van der Waals surface area contributed by atoms with Crippen molar-refractivity contribution in [3.8, 4) is 0 Å². The summed E-state index contributed by atoms with van der Waals surface area (Å²) in [6, 6.07) is 6.52. The van der Waals surface area contributed by atoms with E-state index < -0.39 is 0 Å². The third kappa shape index (κ3) is 4.47. The molecule has 0 aromatic heterocycles. The molecule has 1 heterocycles. The van der Waals surface area contributed by atoms with Gasteiger partial charge in [-0.3, -0.25) is 0 Å². The molecule has 1 unspecified atom stereocenters. The Morgan fingerprint density at radius 2 is 1.82 bits per heavy atom. The molecule has 1 aliphatic carbocycles. The third-order valence-electron chi connectivity index (χ3n) is 4.84. The first-order chi connectivity index (χ1) is 10.7. The first-order valence-electron chi connectivity index (χ1n) is 8.36. The van der Waals surface area contributed by atoms with Gasteiger partial charge < -0.3 is 4.90 Å². The summed E-state index contributed by atoms with van der Waals surface area (Å²) in [6.45, 7) is 9.00. The average Bonchev–Trinajstić information content (AvgIpc) is 2.54. The number of halogens is 1. The molecule has 0 N–H and O–H groups in total. The predicted octanol–water partition coefficient (Wildman–Crippen LogP) is 5.81. The Bertz CT molecular complexity index is 496. The highest BCUT2D eigenvalue weighted by atomic mass is 35.5. The summed E-state index contributed by atoms with van der Waals surface area (Å²) in [5.41, 5.74) is 3.02. The molecule has 1 aromatic carbocycles. The molecular weight excluding hydrogens is 290 g/mol. The summed E-state index contributed by atoms with van der Waals surface area (Å²) in [7, 11) is 2.24. The van der Waals surface area contributed by atoms with Crippen LogP contribution in [0.15, 0.2) is 43.5 Å². The minimum atomic E-state index is 0.733. The van der Waals surface area contributed by atoms with Crippen LogP contribution in [0, 0.1) is 5.92 Å².